The van der Waals surface area contributed by atoms with Gasteiger partial charge < -0.3 is 5.11 Å². The first-order valence-corrected chi connectivity index (χ1v) is 11.3. The van der Waals surface area contributed by atoms with Gasteiger partial charge in [-0.3, -0.25) is 14.5 Å². The number of ketones is 1. The number of aliphatic imine (C=N–C) groups is 1. The number of anilines is 1. The lowest BCUT2D eigenvalue weighted by Crippen LogP contribution is -2.26. The Labute approximate surface area is 173 Å². The molecule has 29 heavy (non-hydrogen) atoms. The van der Waals surface area contributed by atoms with Gasteiger partial charge in [0, 0.05) is 19.1 Å². The molecule has 8 nitrogen and oxygen atoms in total. The van der Waals surface area contributed by atoms with E-state index in [4.69, 9.17) is 0 Å². The first kappa shape index (κ1) is 21.1. The zero-order valence-corrected chi connectivity index (χ0v) is 18.0. The lowest BCUT2D eigenvalue weighted by molar-refractivity contribution is -0.117. The molecule has 10 heteroatoms. The summed E-state index contributed by atoms with van der Waals surface area (Å²) < 4.78 is 27.3. The third-order valence-electron chi connectivity index (χ3n) is 4.38. The summed E-state index contributed by atoms with van der Waals surface area (Å²) in [6.07, 6.45) is 2.77. The molecule has 2 N–H and O–H groups in total. The van der Waals surface area contributed by atoms with Crippen molar-refractivity contribution in [2.24, 2.45) is 10.4 Å². The minimum Gasteiger partial charge on any atom is -0.511 e. The minimum atomic E-state index is -3.79. The number of sulfonamides is 1. The number of aliphatic hydroxyl groups is 1. The fourth-order valence-electron chi connectivity index (χ4n) is 2.91. The summed E-state index contributed by atoms with van der Waals surface area (Å²) in [6, 6.07) is 5.88. The SMILES string of the molecule is CCc1nnc(NS(=O)(=O)c2ccc(N=CC3=C(O)CC(C)(C)CC3=O)cc2)s1. The van der Waals surface area contributed by atoms with Crippen molar-refractivity contribution >= 4 is 44.2 Å². The Kier molecular flexibility index (Phi) is 5.85. The van der Waals surface area contributed by atoms with E-state index in [-0.39, 0.29) is 32.6 Å². The molecular weight excluding hydrogens is 412 g/mol. The molecule has 0 spiro atoms. The molecule has 0 bridgehead atoms. The van der Waals surface area contributed by atoms with Gasteiger partial charge >= 0.3 is 0 Å². The molecule has 2 aromatic rings. The van der Waals surface area contributed by atoms with E-state index in [1.165, 1.54) is 41.8 Å². The number of carbonyl (C=O) groups excluding carboxylic acids is 1. The van der Waals surface area contributed by atoms with Crippen LogP contribution in [-0.2, 0) is 21.2 Å². The first-order valence-electron chi connectivity index (χ1n) is 9.04. The van der Waals surface area contributed by atoms with E-state index in [0.717, 1.165) is 5.01 Å². The van der Waals surface area contributed by atoms with Crippen LogP contribution in [0, 0.1) is 5.41 Å². The monoisotopic (exact) mass is 434 g/mol. The summed E-state index contributed by atoms with van der Waals surface area (Å²) in [5.74, 6) is -0.128. The number of aromatic nitrogens is 2. The van der Waals surface area contributed by atoms with Crippen molar-refractivity contribution in [3.05, 3.63) is 40.6 Å². The van der Waals surface area contributed by atoms with Crippen LogP contribution in [0.15, 0.2) is 45.5 Å². The van der Waals surface area contributed by atoms with Crippen LogP contribution in [0.1, 0.15) is 38.6 Å². The predicted octanol–water partition coefficient (Wildman–Crippen LogP) is 3.80. The molecule has 0 fully saturated rings. The minimum absolute atomic E-state index is 0.0295. The Morgan fingerprint density at radius 3 is 2.52 bits per heavy atom. The zero-order valence-electron chi connectivity index (χ0n) is 16.3. The second-order valence-corrected chi connectivity index (χ2v) is 10.3. The highest BCUT2D eigenvalue weighted by Gasteiger charge is 2.32. The van der Waals surface area contributed by atoms with E-state index >= 15 is 0 Å². The Hall–Kier alpha value is -2.59. The average molecular weight is 435 g/mol. The molecule has 0 unspecified atom stereocenters. The molecule has 0 amide bonds. The van der Waals surface area contributed by atoms with Gasteiger partial charge in [0.1, 0.15) is 10.8 Å². The summed E-state index contributed by atoms with van der Waals surface area (Å²) in [7, 11) is -3.79. The molecule has 154 valence electrons. The molecule has 0 saturated carbocycles. The van der Waals surface area contributed by atoms with Crippen LogP contribution in [0.2, 0.25) is 0 Å². The maximum Gasteiger partial charge on any atom is 0.263 e. The second-order valence-electron chi connectivity index (χ2n) is 7.51. The predicted molar refractivity (Wildman–Crippen MR) is 112 cm³/mol. The summed E-state index contributed by atoms with van der Waals surface area (Å²) in [4.78, 5) is 16.5. The number of benzene rings is 1. The van der Waals surface area contributed by atoms with Crippen molar-refractivity contribution in [2.45, 2.75) is 44.9 Å². The highest BCUT2D eigenvalue weighted by atomic mass is 32.2. The van der Waals surface area contributed by atoms with E-state index < -0.39 is 10.0 Å². The molecule has 1 aromatic heterocycles. The van der Waals surface area contributed by atoms with Crippen LogP contribution in [0.5, 0.6) is 0 Å². The van der Waals surface area contributed by atoms with Crippen LogP contribution in [0.25, 0.3) is 0 Å². The third kappa shape index (κ3) is 5.07. The van der Waals surface area contributed by atoms with Gasteiger partial charge in [-0.2, -0.15) is 0 Å². The van der Waals surface area contributed by atoms with Crippen LogP contribution in [-0.4, -0.2) is 35.7 Å². The number of aryl methyl sites for hydroxylation is 1. The number of allylic oxidation sites excluding steroid dienone is 2. The highest BCUT2D eigenvalue weighted by Crippen LogP contribution is 2.35. The molecule has 0 radical (unpaired) electrons. The fraction of sp³-hybridized carbons (Fsp3) is 0.368. The molecule has 1 aliphatic rings. The number of rotatable bonds is 6. The molecule has 0 aliphatic heterocycles. The number of carbonyl (C=O) groups is 1. The maximum atomic E-state index is 12.5. The van der Waals surface area contributed by atoms with Crippen LogP contribution in [0.4, 0.5) is 10.8 Å². The van der Waals surface area contributed by atoms with Gasteiger partial charge in [0.2, 0.25) is 5.13 Å². The Morgan fingerprint density at radius 2 is 1.93 bits per heavy atom. The molecular formula is C19H22N4O4S2. The lowest BCUT2D eigenvalue weighted by Gasteiger charge is -2.28. The Morgan fingerprint density at radius 1 is 1.24 bits per heavy atom. The van der Waals surface area contributed by atoms with Gasteiger partial charge in [-0.1, -0.05) is 32.1 Å². The molecule has 3 rings (SSSR count). The van der Waals surface area contributed by atoms with Gasteiger partial charge in [-0.15, -0.1) is 10.2 Å². The lowest BCUT2D eigenvalue weighted by atomic mass is 9.77. The van der Waals surface area contributed by atoms with Gasteiger partial charge in [0.25, 0.3) is 10.0 Å². The summed E-state index contributed by atoms with van der Waals surface area (Å²) in [6.45, 7) is 5.76. The zero-order chi connectivity index (χ0) is 21.2. The van der Waals surface area contributed by atoms with Crippen molar-refractivity contribution < 1.29 is 18.3 Å². The Bertz CT molecular complexity index is 1080. The van der Waals surface area contributed by atoms with Gasteiger partial charge in [0.05, 0.1) is 16.2 Å². The van der Waals surface area contributed by atoms with Crippen molar-refractivity contribution in [3.8, 4) is 0 Å². The van der Waals surface area contributed by atoms with Crippen molar-refractivity contribution in [3.63, 3.8) is 0 Å². The van der Waals surface area contributed by atoms with Gasteiger partial charge in [0.15, 0.2) is 5.78 Å². The second kappa shape index (κ2) is 8.03. The molecule has 1 aliphatic carbocycles. The molecule has 1 heterocycles. The summed E-state index contributed by atoms with van der Waals surface area (Å²) >= 11 is 1.18. The molecule has 0 saturated heterocycles. The number of aliphatic hydroxyl groups excluding tert-OH is 1. The summed E-state index contributed by atoms with van der Waals surface area (Å²) in [5, 5.41) is 18.8. The Balaban J connectivity index is 1.74. The number of hydrogen-bond donors (Lipinski definition) is 2. The third-order valence-corrected chi connectivity index (χ3v) is 6.84. The molecule has 0 atom stereocenters. The standard InChI is InChI=1S/C19H22N4O4S2/c1-4-17-21-22-18(28-17)23-29(26,27)13-7-5-12(6-8-13)20-11-14-15(24)9-19(2,3)10-16(14)25/h5-8,11,24H,4,9-10H2,1-3H3,(H,22,23). The van der Waals surface area contributed by atoms with Gasteiger partial charge in [-0.05, 0) is 36.1 Å². The summed E-state index contributed by atoms with van der Waals surface area (Å²) in [5.41, 5.74) is 0.392. The number of nitrogens with one attached hydrogen (secondary N) is 1. The first-order chi connectivity index (χ1) is 13.6. The number of Topliss-reactive ketones (excluding diaryl/α,β-unsaturated/α-hetero) is 1. The fourth-order valence-corrected chi connectivity index (χ4v) is 4.82. The van der Waals surface area contributed by atoms with E-state index in [2.05, 4.69) is 19.9 Å². The van der Waals surface area contributed by atoms with E-state index in [1.807, 2.05) is 20.8 Å². The highest BCUT2D eigenvalue weighted by molar-refractivity contribution is 7.93. The smallest absolute Gasteiger partial charge is 0.263 e. The maximum absolute atomic E-state index is 12.5. The van der Waals surface area contributed by atoms with Crippen molar-refractivity contribution in [1.29, 1.82) is 0 Å². The van der Waals surface area contributed by atoms with Crippen LogP contribution >= 0.6 is 11.3 Å². The quantitative estimate of drug-likeness (QED) is 0.667. The molecule has 1 aromatic carbocycles. The van der Waals surface area contributed by atoms with E-state index in [9.17, 15) is 18.3 Å². The van der Waals surface area contributed by atoms with E-state index in [0.29, 0.717) is 24.9 Å². The van der Waals surface area contributed by atoms with Crippen LogP contribution in [0.3, 0.4) is 0 Å². The number of nitrogens with zero attached hydrogens (tertiary/aromatic N) is 3. The largest absolute Gasteiger partial charge is 0.511 e. The topological polar surface area (TPSA) is 122 Å². The van der Waals surface area contributed by atoms with Crippen molar-refractivity contribution in [1.82, 2.24) is 10.2 Å². The van der Waals surface area contributed by atoms with Crippen LogP contribution < -0.4 is 4.72 Å². The number of hydrogen-bond acceptors (Lipinski definition) is 8. The normalized spacial score (nSPS) is 17.1. The van der Waals surface area contributed by atoms with Crippen molar-refractivity contribution in [2.75, 3.05) is 4.72 Å². The van der Waals surface area contributed by atoms with E-state index in [1.54, 1.807) is 0 Å². The van der Waals surface area contributed by atoms with Gasteiger partial charge in [-0.25, -0.2) is 8.42 Å². The average Bonchev–Trinajstić information content (AvgIpc) is 3.07.